The molecule has 0 unspecified atom stereocenters. The summed E-state index contributed by atoms with van der Waals surface area (Å²) in [6, 6.07) is 6.74. The highest BCUT2D eigenvalue weighted by Crippen LogP contribution is 2.27. The van der Waals surface area contributed by atoms with Gasteiger partial charge < -0.3 is 10.8 Å². The van der Waals surface area contributed by atoms with Crippen molar-refractivity contribution in [2.45, 2.75) is 31.7 Å². The minimum absolute atomic E-state index is 0. The SMILES string of the molecule is CCCC[C@](N)(C(=O)O)c1cccc(Cl)c1.Cl. The first-order valence-electron chi connectivity index (χ1n) is 5.29. The Morgan fingerprint density at radius 2 is 2.18 bits per heavy atom. The maximum absolute atomic E-state index is 11.3. The van der Waals surface area contributed by atoms with Gasteiger partial charge in [0.1, 0.15) is 5.54 Å². The van der Waals surface area contributed by atoms with E-state index in [9.17, 15) is 9.90 Å². The summed E-state index contributed by atoms with van der Waals surface area (Å²) < 4.78 is 0. The molecule has 1 aromatic carbocycles. The molecule has 0 aromatic heterocycles. The molecule has 0 aliphatic heterocycles. The Bertz CT molecular complexity index is 385. The molecular formula is C12H17Cl2NO2. The number of carbonyl (C=O) groups is 1. The van der Waals surface area contributed by atoms with Crippen LogP contribution in [-0.4, -0.2) is 11.1 Å². The third-order valence-electron chi connectivity index (χ3n) is 2.65. The van der Waals surface area contributed by atoms with Crippen molar-refractivity contribution in [1.82, 2.24) is 0 Å². The van der Waals surface area contributed by atoms with Gasteiger partial charge in [0.05, 0.1) is 0 Å². The molecule has 1 atom stereocenters. The molecule has 0 aliphatic rings. The first kappa shape index (κ1) is 16.2. The third kappa shape index (κ3) is 3.87. The van der Waals surface area contributed by atoms with Gasteiger partial charge in [0.25, 0.3) is 0 Å². The van der Waals surface area contributed by atoms with Crippen molar-refractivity contribution < 1.29 is 9.90 Å². The van der Waals surface area contributed by atoms with Crippen LogP contribution in [0.3, 0.4) is 0 Å². The van der Waals surface area contributed by atoms with Crippen molar-refractivity contribution in [2.24, 2.45) is 5.73 Å². The highest BCUT2D eigenvalue weighted by molar-refractivity contribution is 6.30. The van der Waals surface area contributed by atoms with Gasteiger partial charge in [-0.1, -0.05) is 43.5 Å². The van der Waals surface area contributed by atoms with Gasteiger partial charge in [0.15, 0.2) is 0 Å². The lowest BCUT2D eigenvalue weighted by Gasteiger charge is -2.25. The molecule has 0 radical (unpaired) electrons. The lowest BCUT2D eigenvalue weighted by Crippen LogP contribution is -2.44. The Balaban J connectivity index is 0.00000256. The van der Waals surface area contributed by atoms with Crippen molar-refractivity contribution in [1.29, 1.82) is 0 Å². The lowest BCUT2D eigenvalue weighted by atomic mass is 9.86. The van der Waals surface area contributed by atoms with E-state index in [4.69, 9.17) is 17.3 Å². The summed E-state index contributed by atoms with van der Waals surface area (Å²) in [4.78, 5) is 11.3. The summed E-state index contributed by atoms with van der Waals surface area (Å²) in [6.45, 7) is 2.00. The highest BCUT2D eigenvalue weighted by atomic mass is 35.5. The molecule has 0 saturated heterocycles. The number of carboxylic acid groups (broad SMARTS) is 1. The zero-order valence-corrected chi connectivity index (χ0v) is 11.2. The molecule has 1 rings (SSSR count). The van der Waals surface area contributed by atoms with Crippen LogP contribution in [0.2, 0.25) is 5.02 Å². The molecule has 0 spiro atoms. The normalized spacial score (nSPS) is 13.6. The number of nitrogens with two attached hydrogens (primary N) is 1. The molecule has 5 heteroatoms. The number of rotatable bonds is 5. The highest BCUT2D eigenvalue weighted by Gasteiger charge is 2.35. The standard InChI is InChI=1S/C12H16ClNO2.ClH/c1-2-3-7-12(14,11(15)16)9-5-4-6-10(13)8-9;/h4-6,8H,2-3,7,14H2,1H3,(H,15,16);1H/t12-;/m1./s1. The number of halogens is 2. The van der Waals surface area contributed by atoms with E-state index >= 15 is 0 Å². The minimum atomic E-state index is -1.33. The van der Waals surface area contributed by atoms with Crippen LogP contribution >= 0.6 is 24.0 Å². The summed E-state index contributed by atoms with van der Waals surface area (Å²) in [5.74, 6) is -1.01. The first-order valence-corrected chi connectivity index (χ1v) is 5.67. The van der Waals surface area contributed by atoms with Crippen LogP contribution in [-0.2, 0) is 10.3 Å². The Morgan fingerprint density at radius 3 is 2.65 bits per heavy atom. The zero-order chi connectivity index (χ0) is 12.2. The molecule has 0 saturated carbocycles. The van der Waals surface area contributed by atoms with Gasteiger partial charge >= 0.3 is 5.97 Å². The molecule has 96 valence electrons. The van der Waals surface area contributed by atoms with Gasteiger partial charge in [0.2, 0.25) is 0 Å². The average Bonchev–Trinajstić information content (AvgIpc) is 2.25. The number of hydrogen-bond acceptors (Lipinski definition) is 2. The molecule has 3 nitrogen and oxygen atoms in total. The van der Waals surface area contributed by atoms with Crippen LogP contribution < -0.4 is 5.73 Å². The zero-order valence-electron chi connectivity index (χ0n) is 9.65. The monoisotopic (exact) mass is 277 g/mol. The van der Waals surface area contributed by atoms with E-state index in [1.807, 2.05) is 6.92 Å². The minimum Gasteiger partial charge on any atom is -0.480 e. The quantitative estimate of drug-likeness (QED) is 0.869. The Kier molecular flexibility index (Phi) is 6.53. The van der Waals surface area contributed by atoms with Gasteiger partial charge in [0, 0.05) is 5.02 Å². The third-order valence-corrected chi connectivity index (χ3v) is 2.88. The summed E-state index contributed by atoms with van der Waals surface area (Å²) in [5.41, 5.74) is 5.18. The molecule has 0 amide bonds. The number of carboxylic acids is 1. The van der Waals surface area contributed by atoms with Gasteiger partial charge in [-0.3, -0.25) is 0 Å². The maximum Gasteiger partial charge on any atom is 0.328 e. The van der Waals surface area contributed by atoms with Crippen molar-refractivity contribution in [3.8, 4) is 0 Å². The van der Waals surface area contributed by atoms with Crippen LogP contribution in [0, 0.1) is 0 Å². The smallest absolute Gasteiger partial charge is 0.328 e. The second-order valence-electron chi connectivity index (χ2n) is 3.89. The molecule has 0 heterocycles. The summed E-state index contributed by atoms with van der Waals surface area (Å²) >= 11 is 5.84. The van der Waals surface area contributed by atoms with Crippen LogP contribution in [0.5, 0.6) is 0 Å². The molecule has 0 fully saturated rings. The number of benzene rings is 1. The van der Waals surface area contributed by atoms with Crippen molar-refractivity contribution >= 4 is 30.0 Å². The van der Waals surface area contributed by atoms with Crippen LogP contribution in [0.4, 0.5) is 0 Å². The van der Waals surface area contributed by atoms with Crippen molar-refractivity contribution in [2.75, 3.05) is 0 Å². The molecule has 0 bridgehead atoms. The van der Waals surface area contributed by atoms with E-state index in [1.165, 1.54) is 0 Å². The van der Waals surface area contributed by atoms with E-state index in [0.29, 0.717) is 17.0 Å². The molecule has 0 aliphatic carbocycles. The molecular weight excluding hydrogens is 261 g/mol. The largest absolute Gasteiger partial charge is 0.480 e. The Labute approximate surface area is 112 Å². The van der Waals surface area contributed by atoms with E-state index in [0.717, 1.165) is 12.8 Å². The summed E-state index contributed by atoms with van der Waals surface area (Å²) in [7, 11) is 0. The van der Waals surface area contributed by atoms with Gasteiger partial charge in [-0.2, -0.15) is 0 Å². The fourth-order valence-corrected chi connectivity index (χ4v) is 1.79. The van der Waals surface area contributed by atoms with Crippen LogP contribution in [0.1, 0.15) is 31.7 Å². The summed E-state index contributed by atoms with van der Waals surface area (Å²) in [5, 5.41) is 9.74. The fraction of sp³-hybridized carbons (Fsp3) is 0.417. The van der Waals surface area contributed by atoms with E-state index in [-0.39, 0.29) is 12.4 Å². The van der Waals surface area contributed by atoms with E-state index in [2.05, 4.69) is 0 Å². The second-order valence-corrected chi connectivity index (χ2v) is 4.33. The average molecular weight is 278 g/mol. The Hall–Kier alpha value is -0.770. The summed E-state index contributed by atoms with van der Waals surface area (Å²) in [6.07, 6.45) is 2.10. The Morgan fingerprint density at radius 1 is 1.53 bits per heavy atom. The first-order chi connectivity index (χ1) is 7.50. The molecule has 3 N–H and O–H groups in total. The van der Waals surface area contributed by atoms with E-state index < -0.39 is 11.5 Å². The second kappa shape index (κ2) is 6.84. The lowest BCUT2D eigenvalue weighted by molar-refractivity contribution is -0.144. The van der Waals surface area contributed by atoms with Gasteiger partial charge in [-0.15, -0.1) is 12.4 Å². The van der Waals surface area contributed by atoms with Crippen molar-refractivity contribution in [3.05, 3.63) is 34.9 Å². The van der Waals surface area contributed by atoms with Crippen LogP contribution in [0.15, 0.2) is 24.3 Å². The molecule has 1 aromatic rings. The number of unbranched alkanes of at least 4 members (excludes halogenated alkanes) is 1. The molecule has 17 heavy (non-hydrogen) atoms. The van der Waals surface area contributed by atoms with E-state index in [1.54, 1.807) is 24.3 Å². The predicted octanol–water partition coefficient (Wildman–Crippen LogP) is 3.19. The van der Waals surface area contributed by atoms with Crippen LogP contribution in [0.25, 0.3) is 0 Å². The van der Waals surface area contributed by atoms with Gasteiger partial charge in [-0.05, 0) is 24.1 Å². The number of aliphatic carboxylic acids is 1. The maximum atomic E-state index is 11.3. The topological polar surface area (TPSA) is 63.3 Å². The predicted molar refractivity (Wildman–Crippen MR) is 71.7 cm³/mol. The van der Waals surface area contributed by atoms with Gasteiger partial charge in [-0.25, -0.2) is 4.79 Å². The fourth-order valence-electron chi connectivity index (χ4n) is 1.60. The van der Waals surface area contributed by atoms with Crippen molar-refractivity contribution in [3.63, 3.8) is 0 Å². The number of hydrogen-bond donors (Lipinski definition) is 2.